The van der Waals surface area contributed by atoms with Gasteiger partial charge in [0, 0.05) is 12.1 Å². The largest absolute Gasteiger partial charge is 0.454 e. The van der Waals surface area contributed by atoms with Crippen molar-refractivity contribution in [2.45, 2.75) is 38.5 Å². The van der Waals surface area contributed by atoms with Gasteiger partial charge in [-0.1, -0.05) is 61.5 Å². The summed E-state index contributed by atoms with van der Waals surface area (Å²) in [6.45, 7) is 0.465. The molecule has 39 heavy (non-hydrogen) atoms. The first-order chi connectivity index (χ1) is 18.5. The fourth-order valence-corrected chi connectivity index (χ4v) is 3.73. The van der Waals surface area contributed by atoms with E-state index in [1.165, 1.54) is 17.7 Å². The SMILES string of the molecule is CCc1ccc(-c2ccc(CCc3nc(Nc4cccc(C(F)(F)F)c4)nc(OCC(F)(F)F)n3)cc2)cc1. The topological polar surface area (TPSA) is 59.9 Å². The number of benzene rings is 3. The highest BCUT2D eigenvalue weighted by molar-refractivity contribution is 5.64. The third-order valence-corrected chi connectivity index (χ3v) is 5.76. The van der Waals surface area contributed by atoms with Crippen LogP contribution in [0.15, 0.2) is 72.8 Å². The Morgan fingerprint density at radius 2 is 1.38 bits per heavy atom. The van der Waals surface area contributed by atoms with Crippen LogP contribution in [-0.2, 0) is 25.4 Å². The molecule has 3 aromatic carbocycles. The molecule has 0 saturated heterocycles. The minimum absolute atomic E-state index is 0.00584. The van der Waals surface area contributed by atoms with Crippen molar-refractivity contribution in [3.63, 3.8) is 0 Å². The molecule has 0 aliphatic heterocycles. The first-order valence-corrected chi connectivity index (χ1v) is 12.1. The van der Waals surface area contributed by atoms with Crippen LogP contribution in [0.5, 0.6) is 6.01 Å². The summed E-state index contributed by atoms with van der Waals surface area (Å²) < 4.78 is 82.0. The van der Waals surface area contributed by atoms with Gasteiger partial charge in [-0.05, 0) is 53.3 Å². The summed E-state index contributed by atoms with van der Waals surface area (Å²) in [5.41, 5.74) is 3.40. The summed E-state index contributed by atoms with van der Waals surface area (Å²) >= 11 is 0. The highest BCUT2D eigenvalue weighted by atomic mass is 19.4. The van der Waals surface area contributed by atoms with Gasteiger partial charge in [-0.3, -0.25) is 0 Å². The van der Waals surface area contributed by atoms with E-state index >= 15 is 0 Å². The number of aryl methyl sites for hydroxylation is 3. The first kappa shape index (κ1) is 27.9. The second-order valence-corrected chi connectivity index (χ2v) is 8.71. The maximum absolute atomic E-state index is 13.1. The van der Waals surface area contributed by atoms with Gasteiger partial charge < -0.3 is 10.1 Å². The highest BCUT2D eigenvalue weighted by Crippen LogP contribution is 2.31. The Bertz CT molecular complexity index is 1390. The lowest BCUT2D eigenvalue weighted by molar-refractivity contribution is -0.154. The number of alkyl halides is 6. The lowest BCUT2D eigenvalue weighted by Gasteiger charge is -2.12. The number of ether oxygens (including phenoxy) is 1. The fraction of sp³-hybridized carbons (Fsp3) is 0.250. The summed E-state index contributed by atoms with van der Waals surface area (Å²) in [4.78, 5) is 12.0. The van der Waals surface area contributed by atoms with Crippen LogP contribution in [0.3, 0.4) is 0 Å². The van der Waals surface area contributed by atoms with Crippen molar-refractivity contribution in [1.29, 1.82) is 0 Å². The van der Waals surface area contributed by atoms with Crippen molar-refractivity contribution >= 4 is 11.6 Å². The van der Waals surface area contributed by atoms with Gasteiger partial charge in [-0.2, -0.15) is 41.3 Å². The van der Waals surface area contributed by atoms with Crippen molar-refractivity contribution < 1.29 is 31.1 Å². The highest BCUT2D eigenvalue weighted by Gasteiger charge is 2.31. The molecule has 11 heteroatoms. The molecular weight excluding hydrogens is 522 g/mol. The van der Waals surface area contributed by atoms with Crippen molar-refractivity contribution in [3.05, 3.63) is 95.3 Å². The number of nitrogens with zero attached hydrogens (tertiary/aromatic N) is 3. The standard InChI is InChI=1S/C28H24F6N4O/c1-2-18-6-11-20(12-7-18)21-13-8-19(9-14-21)10-15-24-36-25(38-26(37-24)39-17-27(29,30)31)35-23-5-3-4-22(16-23)28(32,33)34/h3-9,11-14,16H,2,10,15,17H2,1H3,(H,35,36,37,38). The molecule has 4 rings (SSSR count). The minimum atomic E-state index is -4.62. The van der Waals surface area contributed by atoms with E-state index in [0.29, 0.717) is 6.42 Å². The molecule has 0 radical (unpaired) electrons. The molecule has 0 fully saturated rings. The number of hydrogen-bond donors (Lipinski definition) is 1. The van der Waals surface area contributed by atoms with E-state index < -0.39 is 30.5 Å². The van der Waals surface area contributed by atoms with Gasteiger partial charge in [0.1, 0.15) is 5.82 Å². The predicted molar refractivity (Wildman–Crippen MR) is 135 cm³/mol. The number of aromatic nitrogens is 3. The molecule has 1 aromatic heterocycles. The molecule has 1 N–H and O–H groups in total. The second kappa shape index (κ2) is 11.7. The van der Waals surface area contributed by atoms with Gasteiger partial charge in [0.2, 0.25) is 5.95 Å². The van der Waals surface area contributed by atoms with Crippen LogP contribution in [-0.4, -0.2) is 27.7 Å². The van der Waals surface area contributed by atoms with Gasteiger partial charge in [-0.15, -0.1) is 0 Å². The maximum atomic E-state index is 13.1. The van der Waals surface area contributed by atoms with Gasteiger partial charge in [-0.25, -0.2) is 0 Å². The van der Waals surface area contributed by atoms with E-state index in [1.54, 1.807) is 0 Å². The molecule has 0 unspecified atom stereocenters. The summed E-state index contributed by atoms with van der Waals surface area (Å²) in [5.74, 6) is -0.113. The maximum Gasteiger partial charge on any atom is 0.422 e. The Balaban J connectivity index is 1.50. The molecule has 0 saturated carbocycles. The third-order valence-electron chi connectivity index (χ3n) is 5.76. The molecule has 1 heterocycles. The second-order valence-electron chi connectivity index (χ2n) is 8.71. The average Bonchev–Trinajstić information content (AvgIpc) is 2.90. The average molecular weight is 547 g/mol. The van der Waals surface area contributed by atoms with Crippen molar-refractivity contribution in [2.75, 3.05) is 11.9 Å². The number of rotatable bonds is 9. The van der Waals surface area contributed by atoms with E-state index in [1.807, 2.05) is 24.3 Å². The molecule has 5 nitrogen and oxygen atoms in total. The summed E-state index contributed by atoms with van der Waals surface area (Å²) in [6.07, 6.45) is -7.55. The lowest BCUT2D eigenvalue weighted by atomic mass is 10.0. The molecule has 0 spiro atoms. The minimum Gasteiger partial charge on any atom is -0.454 e. The molecule has 0 atom stereocenters. The van der Waals surface area contributed by atoms with Crippen LogP contribution in [0, 0.1) is 0 Å². The number of hydrogen-bond acceptors (Lipinski definition) is 5. The summed E-state index contributed by atoms with van der Waals surface area (Å²) in [6, 6.07) is 19.8. The Hall–Kier alpha value is -4.15. The monoisotopic (exact) mass is 546 g/mol. The van der Waals surface area contributed by atoms with Gasteiger partial charge >= 0.3 is 18.4 Å². The normalized spacial score (nSPS) is 11.9. The quantitative estimate of drug-likeness (QED) is 0.219. The van der Waals surface area contributed by atoms with Crippen LogP contribution < -0.4 is 10.1 Å². The summed E-state index contributed by atoms with van der Waals surface area (Å²) in [7, 11) is 0. The van der Waals surface area contributed by atoms with E-state index in [4.69, 9.17) is 4.74 Å². The number of anilines is 2. The van der Waals surface area contributed by atoms with Crippen LogP contribution in [0.2, 0.25) is 0 Å². The molecule has 0 bridgehead atoms. The number of halogens is 6. The van der Waals surface area contributed by atoms with Gasteiger partial charge in [0.15, 0.2) is 6.61 Å². The fourth-order valence-electron chi connectivity index (χ4n) is 3.73. The zero-order valence-electron chi connectivity index (χ0n) is 20.8. The Labute approximate surface area is 220 Å². The van der Waals surface area contributed by atoms with Crippen molar-refractivity contribution in [2.24, 2.45) is 0 Å². The molecule has 204 valence electrons. The molecule has 4 aromatic rings. The molecule has 0 aliphatic carbocycles. The van der Waals surface area contributed by atoms with Crippen LogP contribution in [0.25, 0.3) is 11.1 Å². The van der Waals surface area contributed by atoms with Gasteiger partial charge in [0.25, 0.3) is 0 Å². The summed E-state index contributed by atoms with van der Waals surface area (Å²) in [5, 5.41) is 2.60. The van der Waals surface area contributed by atoms with Crippen molar-refractivity contribution in [3.8, 4) is 17.1 Å². The molecule has 0 amide bonds. The van der Waals surface area contributed by atoms with Crippen LogP contribution in [0.1, 0.15) is 29.4 Å². The van der Waals surface area contributed by atoms with Crippen molar-refractivity contribution in [1.82, 2.24) is 15.0 Å². The third kappa shape index (κ3) is 8.17. The zero-order valence-corrected chi connectivity index (χ0v) is 20.8. The zero-order chi connectivity index (χ0) is 28.0. The first-order valence-electron chi connectivity index (χ1n) is 12.1. The Morgan fingerprint density at radius 3 is 1.97 bits per heavy atom. The van der Waals surface area contributed by atoms with Gasteiger partial charge in [0.05, 0.1) is 5.56 Å². The van der Waals surface area contributed by atoms with E-state index in [9.17, 15) is 26.3 Å². The van der Waals surface area contributed by atoms with Crippen LogP contribution in [0.4, 0.5) is 38.0 Å². The Morgan fingerprint density at radius 1 is 0.744 bits per heavy atom. The predicted octanol–water partition coefficient (Wildman–Crippen LogP) is 7.59. The lowest BCUT2D eigenvalue weighted by Crippen LogP contribution is -2.21. The molecule has 0 aliphatic rings. The van der Waals surface area contributed by atoms with E-state index in [2.05, 4.69) is 51.5 Å². The smallest absolute Gasteiger partial charge is 0.422 e. The van der Waals surface area contributed by atoms with E-state index in [-0.39, 0.29) is 23.9 Å². The number of nitrogens with one attached hydrogen (secondary N) is 1. The van der Waals surface area contributed by atoms with Crippen LogP contribution >= 0.6 is 0 Å². The Kier molecular flexibility index (Phi) is 8.37. The van der Waals surface area contributed by atoms with E-state index in [0.717, 1.165) is 35.2 Å². The molecular formula is C28H24F6N4O.